The molecular formula is C21H17FN2O2S. The number of anilines is 1. The van der Waals surface area contributed by atoms with Crippen molar-refractivity contribution in [1.82, 2.24) is 5.32 Å². The van der Waals surface area contributed by atoms with E-state index in [0.29, 0.717) is 18.0 Å². The summed E-state index contributed by atoms with van der Waals surface area (Å²) in [5.41, 5.74) is 1.70. The van der Waals surface area contributed by atoms with Gasteiger partial charge < -0.3 is 10.1 Å². The highest BCUT2D eigenvalue weighted by Gasteiger charge is 2.12. The van der Waals surface area contributed by atoms with Crippen molar-refractivity contribution in [3.63, 3.8) is 0 Å². The Morgan fingerprint density at radius 1 is 0.926 bits per heavy atom. The van der Waals surface area contributed by atoms with Crippen molar-refractivity contribution >= 4 is 28.9 Å². The zero-order valence-corrected chi connectivity index (χ0v) is 15.1. The molecule has 0 saturated carbocycles. The van der Waals surface area contributed by atoms with Gasteiger partial charge in [0.2, 0.25) is 0 Å². The lowest BCUT2D eigenvalue weighted by Gasteiger charge is -2.11. The highest BCUT2D eigenvalue weighted by molar-refractivity contribution is 7.80. The predicted octanol–water partition coefficient (Wildman–Crippen LogP) is 4.53. The van der Waals surface area contributed by atoms with E-state index in [1.54, 1.807) is 30.3 Å². The second-order valence-electron chi connectivity index (χ2n) is 5.69. The summed E-state index contributed by atoms with van der Waals surface area (Å²) in [6, 6.07) is 22.7. The third kappa shape index (κ3) is 5.36. The SMILES string of the molecule is O=C(NC(=S)Nc1ccc(OCc2ccccc2)cc1)c1ccccc1F. The molecule has 136 valence electrons. The van der Waals surface area contributed by atoms with Gasteiger partial charge in [-0.1, -0.05) is 42.5 Å². The monoisotopic (exact) mass is 380 g/mol. The van der Waals surface area contributed by atoms with Crippen molar-refractivity contribution in [2.24, 2.45) is 0 Å². The van der Waals surface area contributed by atoms with Crippen LogP contribution in [0.25, 0.3) is 0 Å². The number of nitrogens with one attached hydrogen (secondary N) is 2. The Kier molecular flexibility index (Phi) is 6.12. The smallest absolute Gasteiger partial charge is 0.260 e. The van der Waals surface area contributed by atoms with E-state index < -0.39 is 11.7 Å². The van der Waals surface area contributed by atoms with Crippen LogP contribution in [0.15, 0.2) is 78.9 Å². The molecule has 0 aliphatic heterocycles. The number of ether oxygens (including phenoxy) is 1. The first-order chi connectivity index (χ1) is 13.1. The Hall–Kier alpha value is -3.25. The van der Waals surface area contributed by atoms with Crippen LogP contribution in [0.1, 0.15) is 15.9 Å². The van der Waals surface area contributed by atoms with Gasteiger partial charge in [-0.3, -0.25) is 10.1 Å². The van der Waals surface area contributed by atoms with Gasteiger partial charge >= 0.3 is 0 Å². The van der Waals surface area contributed by atoms with E-state index in [9.17, 15) is 9.18 Å². The number of amides is 1. The third-order valence-corrected chi connectivity index (χ3v) is 3.91. The molecular weight excluding hydrogens is 363 g/mol. The van der Waals surface area contributed by atoms with Crippen LogP contribution in [0.4, 0.5) is 10.1 Å². The van der Waals surface area contributed by atoms with Crippen LogP contribution in [-0.4, -0.2) is 11.0 Å². The van der Waals surface area contributed by atoms with Crippen molar-refractivity contribution in [2.45, 2.75) is 6.61 Å². The summed E-state index contributed by atoms with van der Waals surface area (Å²) in [6.45, 7) is 0.477. The second kappa shape index (κ2) is 8.91. The maximum Gasteiger partial charge on any atom is 0.260 e. The maximum atomic E-state index is 13.6. The van der Waals surface area contributed by atoms with Crippen molar-refractivity contribution in [3.8, 4) is 5.75 Å². The van der Waals surface area contributed by atoms with Crippen LogP contribution in [-0.2, 0) is 6.61 Å². The number of thiocarbonyl (C=S) groups is 1. The lowest BCUT2D eigenvalue weighted by Crippen LogP contribution is -2.34. The van der Waals surface area contributed by atoms with Crippen molar-refractivity contribution in [1.29, 1.82) is 0 Å². The largest absolute Gasteiger partial charge is 0.489 e. The highest BCUT2D eigenvalue weighted by atomic mass is 32.1. The molecule has 0 aliphatic carbocycles. The second-order valence-corrected chi connectivity index (χ2v) is 6.09. The van der Waals surface area contributed by atoms with Crippen molar-refractivity contribution in [3.05, 3.63) is 95.8 Å². The summed E-state index contributed by atoms with van der Waals surface area (Å²) >= 11 is 5.11. The molecule has 1 amide bonds. The van der Waals surface area contributed by atoms with Crippen molar-refractivity contribution in [2.75, 3.05) is 5.32 Å². The minimum Gasteiger partial charge on any atom is -0.489 e. The summed E-state index contributed by atoms with van der Waals surface area (Å²) < 4.78 is 19.3. The Labute approximate surface area is 162 Å². The molecule has 0 spiro atoms. The molecule has 0 radical (unpaired) electrons. The van der Waals surface area contributed by atoms with Crippen LogP contribution in [0.2, 0.25) is 0 Å². The number of benzene rings is 3. The summed E-state index contributed by atoms with van der Waals surface area (Å²) in [6.07, 6.45) is 0. The Morgan fingerprint density at radius 3 is 2.30 bits per heavy atom. The number of rotatable bonds is 5. The molecule has 0 unspecified atom stereocenters. The fourth-order valence-electron chi connectivity index (χ4n) is 2.35. The number of hydrogen-bond donors (Lipinski definition) is 2. The fraction of sp³-hybridized carbons (Fsp3) is 0.0476. The number of hydrogen-bond acceptors (Lipinski definition) is 3. The van der Waals surface area contributed by atoms with Gasteiger partial charge in [0, 0.05) is 5.69 Å². The zero-order chi connectivity index (χ0) is 19.1. The molecule has 0 atom stereocenters. The lowest BCUT2D eigenvalue weighted by atomic mass is 10.2. The summed E-state index contributed by atoms with van der Waals surface area (Å²) in [4.78, 5) is 12.0. The molecule has 3 rings (SSSR count). The van der Waals surface area contributed by atoms with Crippen molar-refractivity contribution < 1.29 is 13.9 Å². The van der Waals surface area contributed by atoms with Gasteiger partial charge in [0.1, 0.15) is 18.2 Å². The Bertz CT molecular complexity index is 930. The fourth-order valence-corrected chi connectivity index (χ4v) is 2.56. The highest BCUT2D eigenvalue weighted by Crippen LogP contribution is 2.17. The topological polar surface area (TPSA) is 50.4 Å². The Balaban J connectivity index is 1.52. The number of carbonyl (C=O) groups is 1. The van der Waals surface area contributed by atoms with Crippen LogP contribution in [0.3, 0.4) is 0 Å². The van der Waals surface area contributed by atoms with E-state index in [4.69, 9.17) is 17.0 Å². The van der Waals surface area contributed by atoms with Gasteiger partial charge in [0.05, 0.1) is 5.56 Å². The third-order valence-electron chi connectivity index (χ3n) is 3.71. The van der Waals surface area contributed by atoms with Gasteiger partial charge in [0.25, 0.3) is 5.91 Å². The standard InChI is InChI=1S/C21H17FN2O2S/c22-19-9-5-4-8-18(19)20(25)24-21(27)23-16-10-12-17(13-11-16)26-14-15-6-2-1-3-7-15/h1-13H,14H2,(H2,23,24,25,27). The number of halogens is 1. The van der Waals surface area contributed by atoms with E-state index >= 15 is 0 Å². The van der Waals surface area contributed by atoms with E-state index in [-0.39, 0.29) is 10.7 Å². The average Bonchev–Trinajstić information content (AvgIpc) is 2.68. The molecule has 0 heterocycles. The predicted molar refractivity (Wildman–Crippen MR) is 107 cm³/mol. The van der Waals surface area contributed by atoms with Gasteiger partial charge in [-0.15, -0.1) is 0 Å². The van der Waals surface area contributed by atoms with E-state index in [1.807, 2.05) is 30.3 Å². The molecule has 3 aromatic carbocycles. The number of carbonyl (C=O) groups excluding carboxylic acids is 1. The Morgan fingerprint density at radius 2 is 1.59 bits per heavy atom. The molecule has 0 bridgehead atoms. The molecule has 2 N–H and O–H groups in total. The van der Waals surface area contributed by atoms with Gasteiger partial charge in [-0.05, 0) is 54.2 Å². The molecule has 0 saturated heterocycles. The van der Waals surface area contributed by atoms with Crippen LogP contribution >= 0.6 is 12.2 Å². The van der Waals surface area contributed by atoms with Crippen LogP contribution in [0.5, 0.6) is 5.75 Å². The zero-order valence-electron chi connectivity index (χ0n) is 14.3. The summed E-state index contributed by atoms with van der Waals surface area (Å²) in [7, 11) is 0. The molecule has 0 aliphatic rings. The minimum atomic E-state index is -0.603. The quantitative estimate of drug-likeness (QED) is 0.639. The molecule has 0 aromatic heterocycles. The normalized spacial score (nSPS) is 10.1. The van der Waals surface area contributed by atoms with Gasteiger partial charge in [-0.2, -0.15) is 0 Å². The molecule has 27 heavy (non-hydrogen) atoms. The first-order valence-electron chi connectivity index (χ1n) is 8.25. The molecule has 0 fully saturated rings. The minimum absolute atomic E-state index is 0.0636. The van der Waals surface area contributed by atoms with E-state index in [2.05, 4.69) is 10.6 Å². The first-order valence-corrected chi connectivity index (χ1v) is 8.66. The summed E-state index contributed by atoms with van der Waals surface area (Å²) in [5.74, 6) is -0.489. The maximum absolute atomic E-state index is 13.6. The molecule has 3 aromatic rings. The van der Waals surface area contributed by atoms with Gasteiger partial charge in [0.15, 0.2) is 5.11 Å². The average molecular weight is 380 g/mol. The molecule has 6 heteroatoms. The van der Waals surface area contributed by atoms with Crippen LogP contribution < -0.4 is 15.4 Å². The molecule has 4 nitrogen and oxygen atoms in total. The van der Waals surface area contributed by atoms with Gasteiger partial charge in [-0.25, -0.2) is 4.39 Å². The lowest BCUT2D eigenvalue weighted by molar-refractivity contribution is 0.0974. The van der Waals surface area contributed by atoms with Crippen LogP contribution in [0, 0.1) is 5.82 Å². The summed E-state index contributed by atoms with van der Waals surface area (Å²) in [5, 5.41) is 5.43. The first kappa shape index (κ1) is 18.5. The van der Waals surface area contributed by atoms with E-state index in [1.165, 1.54) is 18.2 Å². The van der Waals surface area contributed by atoms with E-state index in [0.717, 1.165) is 5.56 Å².